The fraction of sp³-hybridized carbons (Fsp3) is 0.0357. The molecule has 1 unspecified atom stereocenters. The van der Waals surface area contributed by atoms with E-state index in [9.17, 15) is 0 Å². The van der Waals surface area contributed by atoms with Crippen molar-refractivity contribution in [2.24, 2.45) is 7.05 Å². The lowest BCUT2D eigenvalue weighted by atomic mass is 9.99. The van der Waals surface area contributed by atoms with Gasteiger partial charge in [0.1, 0.15) is 11.6 Å². The van der Waals surface area contributed by atoms with Gasteiger partial charge < -0.3 is 9.13 Å². The standard InChI is InChI=1S/C56H40FN5Si/c1-60-48-29-14-12-27-46(48)59-56(60)40-19-17-18-38(36-40)53(57)39-31-33-50-49(37-39)62(52-30-15-16-35-58-52)55-51(63(50,42-22-7-3-8-23-42)43-24-9-4-10-25-43)34-32-45-44-26-11-13-28-47(44)61(54(45)55)41-20-5-2-6-21-41/h2-37,53H,1H3. The van der Waals surface area contributed by atoms with Crippen molar-refractivity contribution in [3.63, 3.8) is 0 Å². The van der Waals surface area contributed by atoms with Gasteiger partial charge in [0.15, 0.2) is 14.2 Å². The number of rotatable bonds is 7. The number of halogens is 1. The number of pyridine rings is 1. The van der Waals surface area contributed by atoms with Crippen LogP contribution in [0.4, 0.5) is 21.6 Å². The van der Waals surface area contributed by atoms with E-state index in [1.165, 1.54) is 20.7 Å². The quantitative estimate of drug-likeness (QED) is 0.150. The average molecular weight is 830 g/mol. The lowest BCUT2D eigenvalue weighted by Gasteiger charge is -2.45. The number of hydrogen-bond donors (Lipinski definition) is 0. The summed E-state index contributed by atoms with van der Waals surface area (Å²) in [5.74, 6) is 1.56. The SMILES string of the molecule is Cn1c(-c2cccc(C(F)c3ccc4c(c3)N(c3ccccn3)c3c(ccc5c6ccccc6n(-c6ccccc6)c35)[Si]4(c3ccccc3)c3ccccc3)c2)nc2ccccc21. The third-order valence-corrected chi connectivity index (χ3v) is 17.8. The van der Waals surface area contributed by atoms with Crippen molar-refractivity contribution in [2.75, 3.05) is 4.90 Å². The Morgan fingerprint density at radius 2 is 1.19 bits per heavy atom. The topological polar surface area (TPSA) is 38.9 Å². The van der Waals surface area contributed by atoms with Crippen LogP contribution in [0.2, 0.25) is 0 Å². The van der Waals surface area contributed by atoms with E-state index in [4.69, 9.17) is 9.97 Å². The van der Waals surface area contributed by atoms with E-state index >= 15 is 4.39 Å². The molecule has 0 saturated carbocycles. The average Bonchev–Trinajstić information content (AvgIpc) is 3.88. The van der Waals surface area contributed by atoms with E-state index in [1.54, 1.807) is 0 Å². The van der Waals surface area contributed by atoms with Gasteiger partial charge in [0.2, 0.25) is 0 Å². The molecule has 1 atom stereocenters. The summed E-state index contributed by atoms with van der Waals surface area (Å²) < 4.78 is 22.2. The number of anilines is 3. The molecule has 12 rings (SSSR count). The molecule has 300 valence electrons. The first-order valence-corrected chi connectivity index (χ1v) is 23.4. The van der Waals surface area contributed by atoms with Gasteiger partial charge in [0.05, 0.1) is 27.8 Å². The van der Waals surface area contributed by atoms with Crippen LogP contribution in [0.3, 0.4) is 0 Å². The van der Waals surface area contributed by atoms with Crippen LogP contribution in [0.1, 0.15) is 17.3 Å². The fourth-order valence-corrected chi connectivity index (χ4v) is 15.3. The monoisotopic (exact) mass is 829 g/mol. The Balaban J connectivity index is 1.18. The summed E-state index contributed by atoms with van der Waals surface area (Å²) in [6.07, 6.45) is 0.428. The Hall–Kier alpha value is -7.87. The van der Waals surface area contributed by atoms with E-state index in [1.807, 2.05) is 73.9 Å². The Bertz CT molecular complexity index is 3460. The van der Waals surface area contributed by atoms with E-state index in [-0.39, 0.29) is 0 Å². The molecule has 5 nitrogen and oxygen atoms in total. The van der Waals surface area contributed by atoms with E-state index < -0.39 is 14.2 Å². The van der Waals surface area contributed by atoms with Crippen LogP contribution >= 0.6 is 0 Å². The number of imidazole rings is 1. The van der Waals surface area contributed by atoms with Gasteiger partial charge in [-0.2, -0.15) is 0 Å². The maximum atomic E-state index is 17.7. The maximum Gasteiger partial charge on any atom is 0.184 e. The molecule has 7 heteroatoms. The van der Waals surface area contributed by atoms with Crippen LogP contribution in [-0.2, 0) is 7.05 Å². The minimum absolute atomic E-state index is 0.570. The fourth-order valence-electron chi connectivity index (χ4n) is 10.2. The van der Waals surface area contributed by atoms with Crippen molar-refractivity contribution >= 4 is 78.9 Å². The van der Waals surface area contributed by atoms with E-state index in [0.29, 0.717) is 11.1 Å². The van der Waals surface area contributed by atoms with Crippen LogP contribution in [-0.4, -0.2) is 27.2 Å². The molecule has 0 aliphatic carbocycles. The van der Waals surface area contributed by atoms with Crippen LogP contribution in [0.25, 0.3) is 49.9 Å². The van der Waals surface area contributed by atoms with E-state index in [0.717, 1.165) is 67.1 Å². The molecule has 3 aromatic heterocycles. The van der Waals surface area contributed by atoms with Crippen molar-refractivity contribution < 1.29 is 4.39 Å². The predicted octanol–water partition coefficient (Wildman–Crippen LogP) is 11.0. The zero-order valence-corrected chi connectivity index (χ0v) is 35.5. The molecule has 0 fully saturated rings. The van der Waals surface area contributed by atoms with E-state index in [2.05, 4.69) is 166 Å². The largest absolute Gasteiger partial charge is 0.327 e. The second kappa shape index (κ2) is 14.6. The molecule has 0 N–H and O–H groups in total. The number of fused-ring (bicyclic) bond motifs is 7. The summed E-state index contributed by atoms with van der Waals surface area (Å²) >= 11 is 0. The van der Waals surface area contributed by atoms with Crippen molar-refractivity contribution in [3.8, 4) is 17.1 Å². The molecule has 1 aliphatic rings. The maximum absolute atomic E-state index is 17.7. The smallest absolute Gasteiger partial charge is 0.184 e. The summed E-state index contributed by atoms with van der Waals surface area (Å²) in [4.78, 5) is 12.4. The first-order chi connectivity index (χ1) is 31.1. The Morgan fingerprint density at radius 3 is 1.92 bits per heavy atom. The summed E-state index contributed by atoms with van der Waals surface area (Å²) in [6, 6.07) is 74.2. The molecule has 1 aliphatic heterocycles. The summed E-state index contributed by atoms with van der Waals surface area (Å²) in [6.45, 7) is 0. The highest BCUT2D eigenvalue weighted by Crippen LogP contribution is 2.46. The van der Waals surface area contributed by atoms with Gasteiger partial charge in [-0.3, -0.25) is 4.90 Å². The van der Waals surface area contributed by atoms with Gasteiger partial charge >= 0.3 is 0 Å². The number of para-hydroxylation sites is 4. The number of hydrogen-bond acceptors (Lipinski definition) is 3. The lowest BCUT2D eigenvalue weighted by Crippen LogP contribution is -2.77. The zero-order chi connectivity index (χ0) is 42.1. The number of aryl methyl sites for hydroxylation is 1. The Labute approximate surface area is 365 Å². The third-order valence-electron chi connectivity index (χ3n) is 12.9. The molecule has 8 aromatic carbocycles. The number of alkyl halides is 1. The number of aromatic nitrogens is 4. The molecular weight excluding hydrogens is 790 g/mol. The number of nitrogens with zero attached hydrogens (tertiary/aromatic N) is 5. The highest BCUT2D eigenvalue weighted by atomic mass is 28.3. The van der Waals surface area contributed by atoms with Gasteiger partial charge in [-0.25, -0.2) is 14.4 Å². The van der Waals surface area contributed by atoms with Crippen LogP contribution in [0.15, 0.2) is 219 Å². The lowest BCUT2D eigenvalue weighted by molar-refractivity contribution is 0.402. The molecule has 0 bridgehead atoms. The van der Waals surface area contributed by atoms with Gasteiger partial charge in [-0.15, -0.1) is 0 Å². The summed E-state index contributed by atoms with van der Waals surface area (Å²) in [5, 5.41) is 7.21. The molecule has 4 heterocycles. The molecule has 0 spiro atoms. The van der Waals surface area contributed by atoms with Crippen LogP contribution in [0.5, 0.6) is 0 Å². The Kier molecular flexibility index (Phi) is 8.59. The molecule has 63 heavy (non-hydrogen) atoms. The normalized spacial score (nSPS) is 13.6. The minimum atomic E-state index is -3.17. The van der Waals surface area contributed by atoms with Crippen molar-refractivity contribution in [3.05, 3.63) is 230 Å². The third kappa shape index (κ3) is 5.60. The van der Waals surface area contributed by atoms with Crippen molar-refractivity contribution in [2.45, 2.75) is 6.17 Å². The van der Waals surface area contributed by atoms with Crippen molar-refractivity contribution in [1.29, 1.82) is 0 Å². The second-order valence-corrected chi connectivity index (χ2v) is 20.0. The van der Waals surface area contributed by atoms with Crippen LogP contribution in [0, 0.1) is 0 Å². The van der Waals surface area contributed by atoms with Crippen molar-refractivity contribution in [1.82, 2.24) is 19.1 Å². The molecule has 0 amide bonds. The summed E-state index contributed by atoms with van der Waals surface area (Å²) in [5.41, 5.74) is 9.18. The Morgan fingerprint density at radius 1 is 0.540 bits per heavy atom. The van der Waals surface area contributed by atoms with Crippen LogP contribution < -0.4 is 25.6 Å². The first kappa shape index (κ1) is 36.9. The highest BCUT2D eigenvalue weighted by Gasteiger charge is 2.50. The molecule has 0 radical (unpaired) electrons. The minimum Gasteiger partial charge on any atom is -0.327 e. The second-order valence-electron chi connectivity index (χ2n) is 16.3. The van der Waals surface area contributed by atoms with Gasteiger partial charge in [-0.1, -0.05) is 158 Å². The number of benzene rings is 8. The van der Waals surface area contributed by atoms with Gasteiger partial charge in [0.25, 0.3) is 0 Å². The summed E-state index contributed by atoms with van der Waals surface area (Å²) in [7, 11) is -1.15. The highest BCUT2D eigenvalue weighted by molar-refractivity contribution is 7.21. The molecule has 0 saturated heterocycles. The predicted molar refractivity (Wildman–Crippen MR) is 260 cm³/mol. The first-order valence-electron chi connectivity index (χ1n) is 21.4. The van der Waals surface area contributed by atoms with Gasteiger partial charge in [0, 0.05) is 41.0 Å². The molecular formula is C56H40FN5Si. The zero-order valence-electron chi connectivity index (χ0n) is 34.5. The molecule has 11 aromatic rings. The van der Waals surface area contributed by atoms with Gasteiger partial charge in [-0.05, 0) is 86.5 Å².